The van der Waals surface area contributed by atoms with E-state index >= 15 is 0 Å². The van der Waals surface area contributed by atoms with E-state index in [9.17, 15) is 4.79 Å². The highest BCUT2D eigenvalue weighted by atomic mass is 16.1. The van der Waals surface area contributed by atoms with Crippen LogP contribution in [0.4, 0.5) is 5.69 Å². The van der Waals surface area contributed by atoms with Crippen molar-refractivity contribution in [2.24, 2.45) is 5.92 Å². The van der Waals surface area contributed by atoms with Crippen LogP contribution in [0, 0.1) is 17.2 Å². The SMILES string of the molecule is CC[C@@H](C)c1ccc([C@@H](NCC(=O)Nc2ccccc2C#N)C(C)C)cc1. The Morgan fingerprint density at radius 3 is 2.26 bits per heavy atom. The molecule has 1 amide bonds. The van der Waals surface area contributed by atoms with Gasteiger partial charge in [-0.2, -0.15) is 5.26 Å². The van der Waals surface area contributed by atoms with Crippen molar-refractivity contribution in [2.45, 2.75) is 46.1 Å². The van der Waals surface area contributed by atoms with Gasteiger partial charge >= 0.3 is 0 Å². The first-order valence-corrected chi connectivity index (χ1v) is 9.58. The van der Waals surface area contributed by atoms with E-state index in [-0.39, 0.29) is 18.5 Å². The molecular weight excluding hydrogens is 334 g/mol. The summed E-state index contributed by atoms with van der Waals surface area (Å²) in [6.45, 7) is 8.90. The van der Waals surface area contributed by atoms with Crippen molar-refractivity contribution in [3.8, 4) is 6.07 Å². The second-order valence-corrected chi connectivity index (χ2v) is 7.28. The summed E-state index contributed by atoms with van der Waals surface area (Å²) in [4.78, 5) is 12.3. The summed E-state index contributed by atoms with van der Waals surface area (Å²) in [5, 5.41) is 15.3. The molecule has 0 aliphatic heterocycles. The number of amides is 1. The third kappa shape index (κ3) is 5.67. The van der Waals surface area contributed by atoms with Crippen LogP contribution in [-0.4, -0.2) is 12.5 Å². The van der Waals surface area contributed by atoms with Crippen molar-refractivity contribution in [1.29, 1.82) is 5.26 Å². The maximum atomic E-state index is 12.3. The molecular formula is C23H29N3O. The lowest BCUT2D eigenvalue weighted by molar-refractivity contribution is -0.115. The standard InChI is InChI=1S/C23H29N3O/c1-5-17(4)18-10-12-19(13-11-18)23(16(2)3)25-15-22(27)26-21-9-7-6-8-20(21)14-24/h6-13,16-17,23,25H,5,15H2,1-4H3,(H,26,27)/t17-,23+/m1/s1. The molecule has 2 aromatic carbocycles. The van der Waals surface area contributed by atoms with Gasteiger partial charge in [-0.15, -0.1) is 0 Å². The van der Waals surface area contributed by atoms with Crippen molar-refractivity contribution >= 4 is 11.6 Å². The Morgan fingerprint density at radius 1 is 1.04 bits per heavy atom. The number of nitriles is 1. The van der Waals surface area contributed by atoms with Gasteiger partial charge in [0.05, 0.1) is 17.8 Å². The highest BCUT2D eigenvalue weighted by Gasteiger charge is 2.17. The molecule has 0 aliphatic rings. The van der Waals surface area contributed by atoms with Gasteiger partial charge in [-0.25, -0.2) is 0 Å². The normalized spacial score (nSPS) is 13.0. The molecule has 2 rings (SSSR count). The number of para-hydroxylation sites is 1. The molecule has 4 nitrogen and oxygen atoms in total. The number of nitrogens with zero attached hydrogens (tertiary/aromatic N) is 1. The predicted molar refractivity (Wildman–Crippen MR) is 111 cm³/mol. The molecule has 0 unspecified atom stereocenters. The Bertz CT molecular complexity index is 790. The van der Waals surface area contributed by atoms with E-state index in [4.69, 9.17) is 5.26 Å². The number of carbonyl (C=O) groups is 1. The maximum Gasteiger partial charge on any atom is 0.238 e. The van der Waals surface area contributed by atoms with Crippen molar-refractivity contribution in [3.05, 3.63) is 65.2 Å². The summed E-state index contributed by atoms with van der Waals surface area (Å²) in [7, 11) is 0. The van der Waals surface area contributed by atoms with E-state index in [2.05, 4.69) is 68.7 Å². The van der Waals surface area contributed by atoms with E-state index < -0.39 is 0 Å². The van der Waals surface area contributed by atoms with E-state index in [1.165, 1.54) is 11.1 Å². The van der Waals surface area contributed by atoms with E-state index in [0.717, 1.165) is 6.42 Å². The Balaban J connectivity index is 2.02. The van der Waals surface area contributed by atoms with Crippen LogP contribution >= 0.6 is 0 Å². The summed E-state index contributed by atoms with van der Waals surface area (Å²) in [5.41, 5.74) is 3.54. The summed E-state index contributed by atoms with van der Waals surface area (Å²) >= 11 is 0. The largest absolute Gasteiger partial charge is 0.324 e. The van der Waals surface area contributed by atoms with Gasteiger partial charge in [-0.05, 0) is 41.5 Å². The molecule has 0 bridgehead atoms. The molecule has 4 heteroatoms. The zero-order valence-electron chi connectivity index (χ0n) is 16.6. The molecule has 0 fully saturated rings. The van der Waals surface area contributed by atoms with Crippen LogP contribution in [0.5, 0.6) is 0 Å². The minimum Gasteiger partial charge on any atom is -0.324 e. The first kappa shape index (κ1) is 20.7. The van der Waals surface area contributed by atoms with E-state index in [0.29, 0.717) is 23.1 Å². The van der Waals surface area contributed by atoms with Gasteiger partial charge < -0.3 is 10.6 Å². The minimum absolute atomic E-state index is 0.0907. The zero-order valence-corrected chi connectivity index (χ0v) is 16.6. The van der Waals surface area contributed by atoms with Crippen LogP contribution in [-0.2, 0) is 4.79 Å². The first-order valence-electron chi connectivity index (χ1n) is 9.58. The molecule has 2 aromatic rings. The molecule has 2 atom stereocenters. The molecule has 0 aromatic heterocycles. The third-order valence-electron chi connectivity index (χ3n) is 4.95. The van der Waals surface area contributed by atoms with Crippen molar-refractivity contribution in [3.63, 3.8) is 0 Å². The highest BCUT2D eigenvalue weighted by Crippen LogP contribution is 2.25. The minimum atomic E-state index is -0.153. The molecule has 0 saturated carbocycles. The van der Waals surface area contributed by atoms with Gasteiger partial charge in [0.25, 0.3) is 0 Å². The average Bonchev–Trinajstić information content (AvgIpc) is 2.68. The zero-order chi connectivity index (χ0) is 19.8. The summed E-state index contributed by atoms with van der Waals surface area (Å²) in [5.74, 6) is 0.744. The fraction of sp³-hybridized carbons (Fsp3) is 0.391. The molecule has 0 radical (unpaired) electrons. The average molecular weight is 364 g/mol. The van der Waals surface area contributed by atoms with Gasteiger partial charge in [0.1, 0.15) is 6.07 Å². The number of nitrogens with one attached hydrogen (secondary N) is 2. The number of rotatable bonds is 8. The summed E-state index contributed by atoms with van der Waals surface area (Å²) in [6.07, 6.45) is 1.12. The Morgan fingerprint density at radius 2 is 1.67 bits per heavy atom. The van der Waals surface area contributed by atoms with Gasteiger partial charge in [-0.1, -0.05) is 64.1 Å². The molecule has 0 saturated heterocycles. The highest BCUT2D eigenvalue weighted by molar-refractivity contribution is 5.93. The quantitative estimate of drug-likeness (QED) is 0.694. The number of hydrogen-bond donors (Lipinski definition) is 2. The van der Waals surface area contributed by atoms with Crippen molar-refractivity contribution in [1.82, 2.24) is 5.32 Å². The van der Waals surface area contributed by atoms with Gasteiger partial charge in [-0.3, -0.25) is 4.79 Å². The lowest BCUT2D eigenvalue weighted by Crippen LogP contribution is -2.33. The molecule has 0 spiro atoms. The molecule has 142 valence electrons. The first-order chi connectivity index (χ1) is 13.0. The Hall–Kier alpha value is -2.64. The lowest BCUT2D eigenvalue weighted by atomic mass is 9.92. The molecule has 27 heavy (non-hydrogen) atoms. The maximum absolute atomic E-state index is 12.3. The fourth-order valence-electron chi connectivity index (χ4n) is 3.09. The van der Waals surface area contributed by atoms with Crippen molar-refractivity contribution < 1.29 is 4.79 Å². The number of carbonyl (C=O) groups excluding carboxylic acids is 1. The van der Waals surface area contributed by atoms with Crippen LogP contribution in [0.2, 0.25) is 0 Å². The number of benzene rings is 2. The summed E-state index contributed by atoms with van der Waals surface area (Å²) < 4.78 is 0. The van der Waals surface area contributed by atoms with Crippen LogP contribution in [0.3, 0.4) is 0 Å². The number of anilines is 1. The van der Waals surface area contributed by atoms with Crippen LogP contribution in [0.25, 0.3) is 0 Å². The number of hydrogen-bond acceptors (Lipinski definition) is 3. The Kier molecular flexibility index (Phi) is 7.57. The van der Waals surface area contributed by atoms with E-state index in [1.807, 2.05) is 0 Å². The molecule has 2 N–H and O–H groups in total. The fourth-order valence-corrected chi connectivity index (χ4v) is 3.09. The summed E-state index contributed by atoms with van der Waals surface area (Å²) in [6, 6.07) is 17.9. The topological polar surface area (TPSA) is 64.9 Å². The van der Waals surface area contributed by atoms with Gasteiger partial charge in [0, 0.05) is 6.04 Å². The third-order valence-corrected chi connectivity index (χ3v) is 4.95. The van der Waals surface area contributed by atoms with Gasteiger partial charge in [0.2, 0.25) is 5.91 Å². The van der Waals surface area contributed by atoms with Crippen LogP contribution < -0.4 is 10.6 Å². The van der Waals surface area contributed by atoms with Crippen LogP contribution in [0.15, 0.2) is 48.5 Å². The smallest absolute Gasteiger partial charge is 0.238 e. The van der Waals surface area contributed by atoms with Crippen molar-refractivity contribution in [2.75, 3.05) is 11.9 Å². The lowest BCUT2D eigenvalue weighted by Gasteiger charge is -2.23. The monoisotopic (exact) mass is 363 g/mol. The second kappa shape index (κ2) is 9.89. The van der Waals surface area contributed by atoms with E-state index in [1.54, 1.807) is 24.3 Å². The molecule has 0 aliphatic carbocycles. The van der Waals surface area contributed by atoms with Gasteiger partial charge in [0.15, 0.2) is 0 Å². The van der Waals surface area contributed by atoms with Crippen LogP contribution in [0.1, 0.15) is 62.8 Å². The Labute approximate surface area is 162 Å². The predicted octanol–water partition coefficient (Wildman–Crippen LogP) is 5.00. The molecule has 0 heterocycles. The second-order valence-electron chi connectivity index (χ2n) is 7.28.